The lowest BCUT2D eigenvalue weighted by atomic mass is 9.73. The van der Waals surface area contributed by atoms with Gasteiger partial charge in [-0.15, -0.1) is 0 Å². The summed E-state index contributed by atoms with van der Waals surface area (Å²) in [6.45, 7) is 9.96. The van der Waals surface area contributed by atoms with Crippen molar-refractivity contribution in [2.45, 2.75) is 53.4 Å². The van der Waals surface area contributed by atoms with Gasteiger partial charge in [0.25, 0.3) is 0 Å². The third kappa shape index (κ3) is 5.72. The van der Waals surface area contributed by atoms with E-state index < -0.39 is 5.41 Å². The van der Waals surface area contributed by atoms with Crippen molar-refractivity contribution in [2.75, 3.05) is 19.6 Å². The topological polar surface area (TPSA) is 62.3 Å². The Hall–Kier alpha value is -2.69. The molecule has 1 aromatic heterocycles. The number of likely N-dealkylation sites (tertiary alicyclic amines) is 1. The number of amides is 2. The van der Waals surface area contributed by atoms with Crippen molar-refractivity contribution in [3.05, 3.63) is 54.4 Å². The monoisotopic (exact) mass is 421 g/mol. The molecule has 1 fully saturated rings. The van der Waals surface area contributed by atoms with Gasteiger partial charge >= 0.3 is 0 Å². The summed E-state index contributed by atoms with van der Waals surface area (Å²) in [7, 11) is 0. The molecular weight excluding hydrogens is 386 g/mol. The summed E-state index contributed by atoms with van der Waals surface area (Å²) in [6.07, 6.45) is 6.33. The Morgan fingerprint density at radius 3 is 2.61 bits per heavy atom. The van der Waals surface area contributed by atoms with E-state index in [0.717, 1.165) is 36.1 Å². The van der Waals surface area contributed by atoms with Gasteiger partial charge in [0.1, 0.15) is 0 Å². The van der Waals surface area contributed by atoms with E-state index in [1.807, 2.05) is 42.3 Å². The molecule has 0 spiro atoms. The molecule has 0 bridgehead atoms. The van der Waals surface area contributed by atoms with Gasteiger partial charge in [0.2, 0.25) is 11.8 Å². The van der Waals surface area contributed by atoms with Gasteiger partial charge < -0.3 is 10.2 Å². The first-order chi connectivity index (χ1) is 14.7. The van der Waals surface area contributed by atoms with Crippen molar-refractivity contribution >= 4 is 11.8 Å². The zero-order chi connectivity index (χ0) is 22.5. The first-order valence-electron chi connectivity index (χ1n) is 11.3. The van der Waals surface area contributed by atoms with E-state index in [9.17, 15) is 9.59 Å². The second-order valence-electron chi connectivity index (χ2n) is 9.87. The van der Waals surface area contributed by atoms with E-state index in [4.69, 9.17) is 0 Å². The van der Waals surface area contributed by atoms with Crippen LogP contribution in [0.1, 0.15) is 52.5 Å². The molecule has 0 saturated carbocycles. The fourth-order valence-corrected chi connectivity index (χ4v) is 4.51. The molecule has 1 N–H and O–H groups in total. The van der Waals surface area contributed by atoms with Gasteiger partial charge in [-0.3, -0.25) is 14.6 Å². The first kappa shape index (κ1) is 23.0. The molecule has 0 radical (unpaired) electrons. The van der Waals surface area contributed by atoms with Crippen LogP contribution in [0.5, 0.6) is 0 Å². The highest BCUT2D eigenvalue weighted by Gasteiger charge is 2.43. The first-order valence-corrected chi connectivity index (χ1v) is 11.3. The van der Waals surface area contributed by atoms with Crippen LogP contribution in [0.3, 0.4) is 0 Å². The Kier molecular flexibility index (Phi) is 7.14. The number of aromatic nitrogens is 1. The number of carbonyl (C=O) groups is 2. The quantitative estimate of drug-likeness (QED) is 0.748. The van der Waals surface area contributed by atoms with Gasteiger partial charge in [-0.2, -0.15) is 0 Å². The van der Waals surface area contributed by atoms with Gasteiger partial charge in [0.15, 0.2) is 0 Å². The summed E-state index contributed by atoms with van der Waals surface area (Å²) in [5, 5.41) is 3.05. The molecule has 0 unspecified atom stereocenters. The van der Waals surface area contributed by atoms with E-state index in [1.54, 1.807) is 6.20 Å². The zero-order valence-electron chi connectivity index (χ0n) is 19.3. The highest BCUT2D eigenvalue weighted by Crippen LogP contribution is 2.37. The van der Waals surface area contributed by atoms with Crippen molar-refractivity contribution in [3.63, 3.8) is 0 Å². The molecular formula is C26H35N3O2. The summed E-state index contributed by atoms with van der Waals surface area (Å²) < 4.78 is 0. The second-order valence-corrected chi connectivity index (χ2v) is 9.87. The number of nitrogens with one attached hydrogen (secondary N) is 1. The van der Waals surface area contributed by atoms with E-state index in [1.165, 1.54) is 0 Å². The zero-order valence-corrected chi connectivity index (χ0v) is 19.3. The maximum absolute atomic E-state index is 13.4. The highest BCUT2D eigenvalue weighted by atomic mass is 16.2. The fraction of sp³-hybridized carbons (Fsp3) is 0.500. The second kappa shape index (κ2) is 9.63. The molecule has 1 aliphatic rings. The Balaban J connectivity index is 1.94. The maximum Gasteiger partial charge on any atom is 0.228 e. The third-order valence-corrected chi connectivity index (χ3v) is 5.95. The third-order valence-electron chi connectivity index (χ3n) is 5.95. The molecule has 5 heteroatoms. The highest BCUT2D eigenvalue weighted by molar-refractivity contribution is 5.85. The number of benzene rings is 1. The van der Waals surface area contributed by atoms with Crippen LogP contribution >= 0.6 is 0 Å². The van der Waals surface area contributed by atoms with Crippen LogP contribution in [-0.4, -0.2) is 41.3 Å². The molecule has 5 nitrogen and oxygen atoms in total. The van der Waals surface area contributed by atoms with Crippen LogP contribution in [0.25, 0.3) is 11.1 Å². The average Bonchev–Trinajstić information content (AvgIpc) is 2.74. The largest absolute Gasteiger partial charge is 0.356 e. The summed E-state index contributed by atoms with van der Waals surface area (Å²) >= 11 is 0. The number of hydrogen-bond acceptors (Lipinski definition) is 3. The Labute approximate surface area is 186 Å². The molecule has 0 aliphatic carbocycles. The van der Waals surface area contributed by atoms with Gasteiger partial charge in [0.05, 0.1) is 5.41 Å². The molecule has 166 valence electrons. The Bertz CT molecular complexity index is 904. The van der Waals surface area contributed by atoms with Crippen LogP contribution in [0.2, 0.25) is 0 Å². The predicted molar refractivity (Wildman–Crippen MR) is 124 cm³/mol. The van der Waals surface area contributed by atoms with E-state index in [-0.39, 0.29) is 17.2 Å². The van der Waals surface area contributed by atoms with E-state index in [0.29, 0.717) is 25.9 Å². The van der Waals surface area contributed by atoms with Crippen molar-refractivity contribution < 1.29 is 9.59 Å². The summed E-state index contributed by atoms with van der Waals surface area (Å²) in [5.41, 5.74) is 2.56. The lowest BCUT2D eigenvalue weighted by molar-refractivity contribution is -0.142. The number of rotatable bonds is 6. The Morgan fingerprint density at radius 2 is 1.94 bits per heavy atom. The maximum atomic E-state index is 13.4. The van der Waals surface area contributed by atoms with Crippen LogP contribution in [0.15, 0.2) is 48.8 Å². The fourth-order valence-electron chi connectivity index (χ4n) is 4.51. The van der Waals surface area contributed by atoms with Crippen LogP contribution < -0.4 is 5.32 Å². The number of piperidine rings is 1. The van der Waals surface area contributed by atoms with Crippen molar-refractivity contribution in [1.82, 2.24) is 15.2 Å². The number of nitrogens with zero attached hydrogens (tertiary/aromatic N) is 2. The standard InChI is InChI=1S/C26H35N3O2/c1-5-28-24(31)26(13-9-15-29(19-26)23(30)17-25(2,3)4)16-20-10-6-7-12-22(20)21-11-8-14-27-18-21/h6-8,10-12,14,18H,5,9,13,15-17,19H2,1-4H3,(H,28,31)/t26-/m0/s1. The molecule has 1 aliphatic heterocycles. The lowest BCUT2D eigenvalue weighted by Gasteiger charge is -2.42. The smallest absolute Gasteiger partial charge is 0.228 e. The molecule has 2 heterocycles. The van der Waals surface area contributed by atoms with Gasteiger partial charge in [-0.1, -0.05) is 51.1 Å². The summed E-state index contributed by atoms with van der Waals surface area (Å²) in [4.78, 5) is 32.6. The van der Waals surface area contributed by atoms with Crippen LogP contribution in [0, 0.1) is 10.8 Å². The van der Waals surface area contributed by atoms with E-state index >= 15 is 0 Å². The summed E-state index contributed by atoms with van der Waals surface area (Å²) in [5.74, 6) is 0.186. The summed E-state index contributed by atoms with van der Waals surface area (Å²) in [6, 6.07) is 12.2. The molecule has 2 aromatic rings. The number of hydrogen-bond donors (Lipinski definition) is 1. The Morgan fingerprint density at radius 1 is 1.16 bits per heavy atom. The molecule has 31 heavy (non-hydrogen) atoms. The lowest BCUT2D eigenvalue weighted by Crippen LogP contribution is -2.54. The minimum Gasteiger partial charge on any atom is -0.356 e. The minimum absolute atomic E-state index is 0.0456. The molecule has 3 rings (SSSR count). The van der Waals surface area contributed by atoms with Gasteiger partial charge in [-0.05, 0) is 48.8 Å². The van der Waals surface area contributed by atoms with Crippen LogP contribution in [-0.2, 0) is 16.0 Å². The van der Waals surface area contributed by atoms with Crippen molar-refractivity contribution in [1.29, 1.82) is 0 Å². The normalized spacial score (nSPS) is 19.2. The van der Waals surface area contributed by atoms with Gasteiger partial charge in [0, 0.05) is 44.0 Å². The molecule has 1 atom stereocenters. The predicted octanol–water partition coefficient (Wildman–Crippen LogP) is 4.47. The molecule has 1 saturated heterocycles. The van der Waals surface area contributed by atoms with Crippen molar-refractivity contribution in [3.8, 4) is 11.1 Å². The van der Waals surface area contributed by atoms with Crippen molar-refractivity contribution in [2.24, 2.45) is 10.8 Å². The van der Waals surface area contributed by atoms with E-state index in [2.05, 4.69) is 43.2 Å². The minimum atomic E-state index is -0.625. The van der Waals surface area contributed by atoms with Crippen LogP contribution in [0.4, 0.5) is 0 Å². The molecule has 2 amide bonds. The number of pyridine rings is 1. The van der Waals surface area contributed by atoms with Gasteiger partial charge in [-0.25, -0.2) is 0 Å². The SMILES string of the molecule is CCNC(=O)[C@]1(Cc2ccccc2-c2cccnc2)CCCN(C(=O)CC(C)(C)C)C1. The number of carbonyl (C=O) groups excluding carboxylic acids is 2. The average molecular weight is 422 g/mol. The molecule has 1 aromatic carbocycles.